The molecule has 3 rings (SSSR count). The van der Waals surface area contributed by atoms with Gasteiger partial charge in [-0.1, -0.05) is 32.0 Å². The summed E-state index contributed by atoms with van der Waals surface area (Å²) < 4.78 is 0. The third kappa shape index (κ3) is 3.02. The molecule has 0 spiro atoms. The van der Waals surface area contributed by atoms with Crippen LogP contribution in [0.2, 0.25) is 0 Å². The summed E-state index contributed by atoms with van der Waals surface area (Å²) in [6.07, 6.45) is 3.55. The molecule has 2 unspecified atom stereocenters. The Morgan fingerprint density at radius 2 is 1.95 bits per heavy atom. The first-order valence-electron chi connectivity index (χ1n) is 7.59. The van der Waals surface area contributed by atoms with Gasteiger partial charge in [0.1, 0.15) is 0 Å². The minimum absolute atomic E-state index is 0.0215. The van der Waals surface area contributed by atoms with E-state index in [9.17, 15) is 4.79 Å². The third-order valence-electron chi connectivity index (χ3n) is 4.05. The Labute approximate surface area is 135 Å². The highest BCUT2D eigenvalue weighted by atomic mass is 32.2. The van der Waals surface area contributed by atoms with Gasteiger partial charge in [-0.2, -0.15) is 0 Å². The molecule has 2 atom stereocenters. The van der Waals surface area contributed by atoms with Crippen LogP contribution in [0.25, 0.3) is 0 Å². The first kappa shape index (κ1) is 15.1. The number of fused-ring (bicyclic) bond motifs is 1. The van der Waals surface area contributed by atoms with Gasteiger partial charge in [0.15, 0.2) is 0 Å². The van der Waals surface area contributed by atoms with E-state index < -0.39 is 0 Å². The van der Waals surface area contributed by atoms with Crippen LogP contribution in [-0.2, 0) is 4.79 Å². The normalized spacial score (nSPS) is 18.0. The second kappa shape index (κ2) is 6.53. The molecule has 0 saturated heterocycles. The lowest BCUT2D eigenvalue weighted by molar-refractivity contribution is -0.123. The topological polar surface area (TPSA) is 42.0 Å². The van der Waals surface area contributed by atoms with Crippen LogP contribution >= 0.6 is 11.8 Å². The predicted octanol–water partition coefficient (Wildman–Crippen LogP) is 3.78. The van der Waals surface area contributed by atoms with Crippen LogP contribution in [0, 0.1) is 5.92 Å². The quantitative estimate of drug-likeness (QED) is 0.934. The number of carbonyl (C=O) groups excluding carboxylic acids is 1. The predicted molar refractivity (Wildman–Crippen MR) is 89.9 cm³/mol. The van der Waals surface area contributed by atoms with Gasteiger partial charge in [0.2, 0.25) is 5.91 Å². The molecule has 4 heteroatoms. The maximum atomic E-state index is 12.8. The van der Waals surface area contributed by atoms with E-state index in [1.165, 1.54) is 4.90 Å². The lowest BCUT2D eigenvalue weighted by atomic mass is 9.94. The molecule has 1 aliphatic rings. The molecular formula is C18H20N2OS. The Kier molecular flexibility index (Phi) is 4.48. The fraction of sp³-hybridized carbons (Fsp3) is 0.333. The fourth-order valence-corrected chi connectivity index (χ4v) is 4.07. The SMILES string of the molecule is CC(C)C(NC(=O)C1CSc2ccccc21)c1ccncc1. The zero-order valence-electron chi connectivity index (χ0n) is 12.8. The van der Waals surface area contributed by atoms with E-state index in [0.717, 1.165) is 16.9 Å². The molecule has 0 fully saturated rings. The highest BCUT2D eigenvalue weighted by molar-refractivity contribution is 7.99. The molecule has 0 aliphatic carbocycles. The van der Waals surface area contributed by atoms with Crippen molar-refractivity contribution in [3.05, 3.63) is 59.9 Å². The average Bonchev–Trinajstić information content (AvgIpc) is 2.97. The first-order chi connectivity index (χ1) is 10.7. The third-order valence-corrected chi connectivity index (χ3v) is 5.23. The van der Waals surface area contributed by atoms with Crippen molar-refractivity contribution in [1.29, 1.82) is 0 Å². The smallest absolute Gasteiger partial charge is 0.228 e. The van der Waals surface area contributed by atoms with E-state index in [-0.39, 0.29) is 17.9 Å². The summed E-state index contributed by atoms with van der Waals surface area (Å²) in [6.45, 7) is 4.26. The molecule has 3 nitrogen and oxygen atoms in total. The first-order valence-corrected chi connectivity index (χ1v) is 8.57. The van der Waals surface area contributed by atoms with Crippen LogP contribution in [0.1, 0.15) is 36.9 Å². The number of hydrogen-bond acceptors (Lipinski definition) is 3. The van der Waals surface area contributed by atoms with Gasteiger partial charge in [-0.05, 0) is 35.2 Å². The van der Waals surface area contributed by atoms with Gasteiger partial charge in [-0.3, -0.25) is 9.78 Å². The lowest BCUT2D eigenvalue weighted by Gasteiger charge is -2.24. The standard InChI is InChI=1S/C18H20N2OS/c1-12(2)17(13-7-9-19-10-8-13)20-18(21)15-11-22-16-6-4-3-5-14(15)16/h3-10,12,15,17H,11H2,1-2H3,(H,20,21). The highest BCUT2D eigenvalue weighted by Crippen LogP contribution is 2.39. The second-order valence-electron chi connectivity index (χ2n) is 5.91. The number of aromatic nitrogens is 1. The van der Waals surface area contributed by atoms with E-state index in [0.29, 0.717) is 5.92 Å². The molecule has 2 heterocycles. The van der Waals surface area contributed by atoms with E-state index in [2.05, 4.69) is 36.3 Å². The monoisotopic (exact) mass is 312 g/mol. The van der Waals surface area contributed by atoms with Crippen molar-refractivity contribution in [1.82, 2.24) is 10.3 Å². The average molecular weight is 312 g/mol. The summed E-state index contributed by atoms with van der Waals surface area (Å²) in [4.78, 5) is 18.0. The number of pyridine rings is 1. The highest BCUT2D eigenvalue weighted by Gasteiger charge is 2.31. The van der Waals surface area contributed by atoms with Crippen LogP contribution in [0.5, 0.6) is 0 Å². The Morgan fingerprint density at radius 1 is 1.23 bits per heavy atom. The summed E-state index contributed by atoms with van der Waals surface area (Å²) in [7, 11) is 0. The molecular weight excluding hydrogens is 292 g/mol. The van der Waals surface area contributed by atoms with E-state index in [1.54, 1.807) is 24.2 Å². The van der Waals surface area contributed by atoms with Crippen LogP contribution in [-0.4, -0.2) is 16.6 Å². The maximum Gasteiger partial charge on any atom is 0.228 e. The van der Waals surface area contributed by atoms with Gasteiger partial charge in [-0.25, -0.2) is 0 Å². The Balaban J connectivity index is 1.78. The van der Waals surface area contributed by atoms with Crippen LogP contribution in [0.15, 0.2) is 53.7 Å². The zero-order chi connectivity index (χ0) is 15.5. The number of rotatable bonds is 4. The molecule has 1 amide bonds. The molecule has 0 saturated carbocycles. The summed E-state index contributed by atoms with van der Waals surface area (Å²) >= 11 is 1.76. The molecule has 2 aromatic rings. The number of thioether (sulfide) groups is 1. The summed E-state index contributed by atoms with van der Waals surface area (Å²) in [6, 6.07) is 12.2. The van der Waals surface area contributed by atoms with Crippen LogP contribution in [0.3, 0.4) is 0 Å². The van der Waals surface area contributed by atoms with Gasteiger partial charge in [0.05, 0.1) is 12.0 Å². The molecule has 22 heavy (non-hydrogen) atoms. The fourth-order valence-electron chi connectivity index (χ4n) is 2.84. The van der Waals surface area contributed by atoms with Gasteiger partial charge >= 0.3 is 0 Å². The summed E-state index contributed by atoms with van der Waals surface area (Å²) in [5.74, 6) is 1.22. The second-order valence-corrected chi connectivity index (χ2v) is 6.97. The molecule has 1 N–H and O–H groups in total. The van der Waals surface area contributed by atoms with E-state index in [1.807, 2.05) is 24.3 Å². The van der Waals surface area contributed by atoms with Crippen molar-refractivity contribution in [3.8, 4) is 0 Å². The Bertz CT molecular complexity index is 657. The van der Waals surface area contributed by atoms with Crippen molar-refractivity contribution < 1.29 is 4.79 Å². The van der Waals surface area contributed by atoms with Crippen molar-refractivity contribution in [2.24, 2.45) is 5.92 Å². The van der Waals surface area contributed by atoms with Gasteiger partial charge in [0, 0.05) is 23.0 Å². The number of benzene rings is 1. The molecule has 1 aliphatic heterocycles. The lowest BCUT2D eigenvalue weighted by Crippen LogP contribution is -2.35. The minimum atomic E-state index is -0.0516. The summed E-state index contributed by atoms with van der Waals surface area (Å²) in [5.41, 5.74) is 2.26. The van der Waals surface area contributed by atoms with E-state index >= 15 is 0 Å². The van der Waals surface area contributed by atoms with Gasteiger partial charge < -0.3 is 5.32 Å². The van der Waals surface area contributed by atoms with Crippen molar-refractivity contribution in [2.75, 3.05) is 5.75 Å². The number of nitrogens with zero attached hydrogens (tertiary/aromatic N) is 1. The zero-order valence-corrected chi connectivity index (χ0v) is 13.6. The Hall–Kier alpha value is -1.81. The summed E-state index contributed by atoms with van der Waals surface area (Å²) in [5, 5.41) is 3.24. The van der Waals surface area contributed by atoms with Crippen LogP contribution in [0.4, 0.5) is 0 Å². The molecule has 0 bridgehead atoms. The van der Waals surface area contributed by atoms with Crippen LogP contribution < -0.4 is 5.32 Å². The number of nitrogens with one attached hydrogen (secondary N) is 1. The number of carbonyl (C=O) groups is 1. The van der Waals surface area contributed by atoms with Crippen molar-refractivity contribution >= 4 is 17.7 Å². The molecule has 1 aromatic heterocycles. The van der Waals surface area contributed by atoms with Gasteiger partial charge in [-0.15, -0.1) is 11.8 Å². The minimum Gasteiger partial charge on any atom is -0.348 e. The largest absolute Gasteiger partial charge is 0.348 e. The number of amides is 1. The Morgan fingerprint density at radius 3 is 2.68 bits per heavy atom. The van der Waals surface area contributed by atoms with Gasteiger partial charge in [0.25, 0.3) is 0 Å². The van der Waals surface area contributed by atoms with E-state index in [4.69, 9.17) is 0 Å². The molecule has 1 aromatic carbocycles. The van der Waals surface area contributed by atoms with Crippen molar-refractivity contribution in [3.63, 3.8) is 0 Å². The molecule has 114 valence electrons. The maximum absolute atomic E-state index is 12.8. The van der Waals surface area contributed by atoms with Crippen molar-refractivity contribution in [2.45, 2.75) is 30.7 Å². The molecule has 0 radical (unpaired) electrons. The number of hydrogen-bond donors (Lipinski definition) is 1.